The lowest BCUT2D eigenvalue weighted by Crippen LogP contribution is -2.47. The summed E-state index contributed by atoms with van der Waals surface area (Å²) >= 11 is 1.45. The second-order valence-electron chi connectivity index (χ2n) is 4.07. The van der Waals surface area contributed by atoms with E-state index in [1.165, 1.54) is 16.7 Å². The number of ether oxygens (including phenoxy) is 1. The van der Waals surface area contributed by atoms with Crippen LogP contribution >= 0.6 is 11.8 Å². The Balaban J connectivity index is 2.39. The molecule has 1 rings (SSSR count). The maximum absolute atomic E-state index is 11.8. The summed E-state index contributed by atoms with van der Waals surface area (Å²) in [5.41, 5.74) is 0. The van der Waals surface area contributed by atoms with Gasteiger partial charge in [-0.15, -0.1) is 11.8 Å². The monoisotopic (exact) mass is 262 g/mol. The summed E-state index contributed by atoms with van der Waals surface area (Å²) in [6, 6.07) is -1.02. The number of carbonyl (C=O) groups is 2. The van der Waals surface area contributed by atoms with E-state index in [2.05, 4.69) is 5.32 Å². The average molecular weight is 262 g/mol. The summed E-state index contributed by atoms with van der Waals surface area (Å²) in [5, 5.41) is 11.7. The average Bonchev–Trinajstić information content (AvgIpc) is 2.75. The molecule has 2 N–H and O–H groups in total. The minimum absolute atomic E-state index is 0.211. The minimum Gasteiger partial charge on any atom is -0.480 e. The van der Waals surface area contributed by atoms with Gasteiger partial charge in [0.15, 0.2) is 0 Å². The van der Waals surface area contributed by atoms with Crippen molar-refractivity contribution in [1.82, 2.24) is 10.2 Å². The van der Waals surface area contributed by atoms with Crippen LogP contribution in [0.3, 0.4) is 0 Å². The van der Waals surface area contributed by atoms with E-state index < -0.39 is 12.0 Å². The molecule has 0 radical (unpaired) electrons. The van der Waals surface area contributed by atoms with Crippen LogP contribution in [-0.4, -0.2) is 59.9 Å². The number of nitrogens with one attached hydrogen (secondary N) is 1. The molecule has 0 saturated carbocycles. The number of aliphatic carboxylic acids is 1. The van der Waals surface area contributed by atoms with E-state index in [0.717, 1.165) is 0 Å². The van der Waals surface area contributed by atoms with Crippen molar-refractivity contribution in [2.45, 2.75) is 13.0 Å². The van der Waals surface area contributed by atoms with E-state index in [9.17, 15) is 9.59 Å². The second-order valence-corrected chi connectivity index (χ2v) is 5.07. The molecule has 0 aromatic heterocycles. The number of urea groups is 1. The van der Waals surface area contributed by atoms with Gasteiger partial charge in [0.05, 0.1) is 12.5 Å². The van der Waals surface area contributed by atoms with Crippen LogP contribution < -0.4 is 5.32 Å². The highest BCUT2D eigenvalue weighted by atomic mass is 32.2. The highest BCUT2D eigenvalue weighted by molar-refractivity contribution is 7.99. The predicted octanol–water partition coefficient (Wildman–Crippen LogP) is 0.438. The Kier molecular flexibility index (Phi) is 5.57. The van der Waals surface area contributed by atoms with Gasteiger partial charge in [-0.05, 0) is 5.92 Å². The van der Waals surface area contributed by atoms with Gasteiger partial charge in [-0.25, -0.2) is 9.59 Å². The summed E-state index contributed by atoms with van der Waals surface area (Å²) in [4.78, 5) is 24.0. The lowest BCUT2D eigenvalue weighted by atomic mass is 10.2. The number of thioether (sulfide) groups is 1. The molecule has 98 valence electrons. The number of hydrogen-bond donors (Lipinski definition) is 2. The maximum Gasteiger partial charge on any atom is 0.327 e. The molecule has 0 aromatic carbocycles. The fourth-order valence-corrected chi connectivity index (χ4v) is 2.70. The molecular formula is C10H18N2O4S. The van der Waals surface area contributed by atoms with Crippen molar-refractivity contribution in [3.8, 4) is 0 Å². The van der Waals surface area contributed by atoms with Crippen molar-refractivity contribution >= 4 is 23.8 Å². The number of hydrogen-bond acceptors (Lipinski definition) is 4. The van der Waals surface area contributed by atoms with Crippen LogP contribution in [0.15, 0.2) is 0 Å². The van der Waals surface area contributed by atoms with Gasteiger partial charge in [-0.2, -0.15) is 0 Å². The van der Waals surface area contributed by atoms with Gasteiger partial charge < -0.3 is 20.1 Å². The molecular weight excluding hydrogens is 244 g/mol. The molecule has 17 heavy (non-hydrogen) atoms. The Morgan fingerprint density at radius 2 is 2.35 bits per heavy atom. The zero-order valence-electron chi connectivity index (χ0n) is 10.0. The van der Waals surface area contributed by atoms with Crippen LogP contribution in [0.5, 0.6) is 0 Å². The van der Waals surface area contributed by atoms with Crippen molar-refractivity contribution in [2.75, 3.05) is 31.9 Å². The third kappa shape index (κ3) is 4.08. The molecule has 1 aliphatic rings. The zero-order valence-corrected chi connectivity index (χ0v) is 10.8. The number of nitrogens with zero attached hydrogens (tertiary/aromatic N) is 1. The van der Waals surface area contributed by atoms with Crippen LogP contribution in [0, 0.1) is 5.92 Å². The third-order valence-corrected chi connectivity index (χ3v) is 3.49. The van der Waals surface area contributed by atoms with Crippen LogP contribution in [0.1, 0.15) is 6.92 Å². The zero-order chi connectivity index (χ0) is 12.8. The molecule has 0 spiro atoms. The summed E-state index contributed by atoms with van der Waals surface area (Å²) in [6.45, 7) is 3.01. The van der Waals surface area contributed by atoms with Crippen LogP contribution in [0.2, 0.25) is 0 Å². The fourth-order valence-electron chi connectivity index (χ4n) is 1.55. The molecule has 1 aliphatic heterocycles. The first-order valence-electron chi connectivity index (χ1n) is 5.40. The van der Waals surface area contributed by atoms with Crippen molar-refractivity contribution in [1.29, 1.82) is 0 Å². The van der Waals surface area contributed by atoms with Crippen molar-refractivity contribution in [2.24, 2.45) is 5.92 Å². The summed E-state index contributed by atoms with van der Waals surface area (Å²) in [6.07, 6.45) is 0. The van der Waals surface area contributed by atoms with Crippen LogP contribution in [-0.2, 0) is 9.53 Å². The van der Waals surface area contributed by atoms with E-state index in [1.54, 1.807) is 7.11 Å². The Hall–Kier alpha value is -0.950. The van der Waals surface area contributed by atoms with Crippen molar-refractivity contribution in [3.63, 3.8) is 0 Å². The highest BCUT2D eigenvalue weighted by Gasteiger charge is 2.34. The quantitative estimate of drug-likeness (QED) is 0.751. The van der Waals surface area contributed by atoms with E-state index in [-0.39, 0.29) is 11.9 Å². The number of carboxylic acid groups (broad SMARTS) is 1. The van der Waals surface area contributed by atoms with Gasteiger partial charge in [-0.3, -0.25) is 0 Å². The van der Waals surface area contributed by atoms with Crippen LogP contribution in [0.25, 0.3) is 0 Å². The number of amides is 2. The van der Waals surface area contributed by atoms with Gasteiger partial charge in [0, 0.05) is 19.4 Å². The first-order chi connectivity index (χ1) is 8.06. The minimum atomic E-state index is -0.949. The number of carbonyl (C=O) groups excluding carboxylic acids is 1. The summed E-state index contributed by atoms with van der Waals surface area (Å²) in [5.74, 6) is 0.148. The summed E-state index contributed by atoms with van der Waals surface area (Å²) in [7, 11) is 1.61. The summed E-state index contributed by atoms with van der Waals surface area (Å²) < 4.78 is 4.96. The van der Waals surface area contributed by atoms with E-state index in [1.807, 2.05) is 6.92 Å². The van der Waals surface area contributed by atoms with E-state index >= 15 is 0 Å². The Bertz CT molecular complexity index is 287. The Labute approximate surface area is 105 Å². The first-order valence-corrected chi connectivity index (χ1v) is 6.55. The van der Waals surface area contributed by atoms with Gasteiger partial charge in [0.2, 0.25) is 0 Å². The molecule has 7 heteroatoms. The van der Waals surface area contributed by atoms with Crippen molar-refractivity contribution < 1.29 is 19.4 Å². The second kappa shape index (κ2) is 6.70. The van der Waals surface area contributed by atoms with E-state index in [0.29, 0.717) is 24.8 Å². The smallest absolute Gasteiger partial charge is 0.327 e. The predicted molar refractivity (Wildman–Crippen MR) is 65.0 cm³/mol. The Morgan fingerprint density at radius 1 is 1.65 bits per heavy atom. The van der Waals surface area contributed by atoms with Gasteiger partial charge in [-0.1, -0.05) is 6.92 Å². The molecule has 6 nitrogen and oxygen atoms in total. The number of carboxylic acids is 1. The molecule has 2 amide bonds. The molecule has 2 atom stereocenters. The SMILES string of the molecule is COCC(C)CNC(=O)N1CSCC1C(=O)O. The fraction of sp³-hybridized carbons (Fsp3) is 0.800. The normalized spacial score (nSPS) is 21.3. The molecule has 1 saturated heterocycles. The highest BCUT2D eigenvalue weighted by Crippen LogP contribution is 2.20. The lowest BCUT2D eigenvalue weighted by Gasteiger charge is -2.22. The lowest BCUT2D eigenvalue weighted by molar-refractivity contribution is -0.140. The molecule has 0 bridgehead atoms. The number of methoxy groups -OCH3 is 1. The maximum atomic E-state index is 11.8. The van der Waals surface area contributed by atoms with Gasteiger partial charge in [0.1, 0.15) is 6.04 Å². The third-order valence-electron chi connectivity index (χ3n) is 2.48. The Morgan fingerprint density at radius 3 is 2.94 bits per heavy atom. The first kappa shape index (κ1) is 14.1. The van der Waals surface area contributed by atoms with Gasteiger partial charge >= 0.3 is 12.0 Å². The molecule has 1 fully saturated rings. The molecule has 0 aliphatic carbocycles. The topological polar surface area (TPSA) is 78.9 Å². The standard InChI is InChI=1S/C10H18N2O4S/c1-7(4-16-2)3-11-10(15)12-6-17-5-8(12)9(13)14/h7-8H,3-6H2,1-2H3,(H,11,15)(H,13,14). The number of rotatable bonds is 5. The van der Waals surface area contributed by atoms with Crippen LogP contribution in [0.4, 0.5) is 4.79 Å². The van der Waals surface area contributed by atoms with E-state index in [4.69, 9.17) is 9.84 Å². The largest absolute Gasteiger partial charge is 0.480 e. The molecule has 0 aromatic rings. The molecule has 2 unspecified atom stereocenters. The van der Waals surface area contributed by atoms with Gasteiger partial charge in [0.25, 0.3) is 0 Å². The molecule has 1 heterocycles. The van der Waals surface area contributed by atoms with Crippen molar-refractivity contribution in [3.05, 3.63) is 0 Å².